The number of nitrogens with zero attached hydrogens (tertiary/aromatic N) is 2. The van der Waals surface area contributed by atoms with Crippen molar-refractivity contribution in [1.82, 2.24) is 9.13 Å². The molecule has 0 aliphatic carbocycles. The fourth-order valence-electron chi connectivity index (χ4n) is 2.97. The van der Waals surface area contributed by atoms with Crippen LogP contribution >= 0.6 is 38.9 Å². The van der Waals surface area contributed by atoms with Crippen molar-refractivity contribution in [3.8, 4) is 5.69 Å². The molecule has 2 aromatic carbocycles. The average molecular weight is 491 g/mol. The number of thiophene rings is 1. The Morgan fingerprint density at radius 3 is 2.59 bits per heavy atom. The molecule has 146 valence electrons. The Labute approximate surface area is 182 Å². The van der Waals surface area contributed by atoms with Crippen LogP contribution in [0.25, 0.3) is 15.9 Å². The van der Waals surface area contributed by atoms with Crippen molar-refractivity contribution in [2.24, 2.45) is 0 Å². The average Bonchev–Trinajstić information content (AvgIpc) is 3.17. The number of amides is 1. The van der Waals surface area contributed by atoms with Crippen LogP contribution in [0.3, 0.4) is 0 Å². The van der Waals surface area contributed by atoms with E-state index in [-0.39, 0.29) is 12.5 Å². The Morgan fingerprint density at radius 1 is 1.10 bits per heavy atom. The maximum atomic E-state index is 13.1. The number of aromatic nitrogens is 2. The van der Waals surface area contributed by atoms with Crippen LogP contribution in [-0.2, 0) is 11.3 Å². The number of benzene rings is 2. The van der Waals surface area contributed by atoms with Crippen LogP contribution in [0.1, 0.15) is 0 Å². The summed E-state index contributed by atoms with van der Waals surface area (Å²) < 4.78 is 3.58. The van der Waals surface area contributed by atoms with Crippen LogP contribution in [0, 0.1) is 0 Å². The SMILES string of the molecule is O=C(Cn1c(=O)n(-c2ccc(Cl)cc2)c(=O)c2sccc21)Nc1cccc(Br)c1. The molecule has 2 aromatic heterocycles. The lowest BCUT2D eigenvalue weighted by atomic mass is 10.3. The van der Waals surface area contributed by atoms with Gasteiger partial charge in [0.15, 0.2) is 0 Å². The van der Waals surface area contributed by atoms with Crippen LogP contribution in [0.15, 0.2) is 74.0 Å². The number of halogens is 2. The molecule has 0 saturated carbocycles. The van der Waals surface area contributed by atoms with Crippen molar-refractivity contribution in [3.05, 3.63) is 90.3 Å². The number of hydrogen-bond donors (Lipinski definition) is 1. The highest BCUT2D eigenvalue weighted by molar-refractivity contribution is 9.10. The monoisotopic (exact) mass is 489 g/mol. The minimum atomic E-state index is -0.590. The van der Waals surface area contributed by atoms with E-state index in [1.54, 1.807) is 53.9 Å². The molecule has 6 nitrogen and oxygen atoms in total. The number of anilines is 1. The zero-order valence-electron chi connectivity index (χ0n) is 14.8. The van der Waals surface area contributed by atoms with Gasteiger partial charge < -0.3 is 5.32 Å². The Hall–Kier alpha value is -2.68. The van der Waals surface area contributed by atoms with Crippen LogP contribution in [-0.4, -0.2) is 15.0 Å². The third-order valence-corrected chi connectivity index (χ3v) is 5.89. The zero-order valence-corrected chi connectivity index (χ0v) is 17.9. The molecule has 0 fully saturated rings. The summed E-state index contributed by atoms with van der Waals surface area (Å²) in [6.07, 6.45) is 0. The van der Waals surface area contributed by atoms with E-state index >= 15 is 0 Å². The molecule has 4 aromatic rings. The lowest BCUT2D eigenvalue weighted by molar-refractivity contribution is -0.116. The van der Waals surface area contributed by atoms with Gasteiger partial charge >= 0.3 is 5.69 Å². The second-order valence-corrected chi connectivity index (χ2v) is 8.45. The quantitative estimate of drug-likeness (QED) is 0.464. The van der Waals surface area contributed by atoms with E-state index in [2.05, 4.69) is 21.2 Å². The van der Waals surface area contributed by atoms with Gasteiger partial charge in [-0.05, 0) is 53.9 Å². The van der Waals surface area contributed by atoms with E-state index in [0.717, 1.165) is 9.04 Å². The van der Waals surface area contributed by atoms with Gasteiger partial charge in [0.2, 0.25) is 5.91 Å². The molecular weight excluding hydrogens is 478 g/mol. The summed E-state index contributed by atoms with van der Waals surface area (Å²) in [5.41, 5.74) is 0.407. The molecule has 0 aliphatic heterocycles. The van der Waals surface area contributed by atoms with E-state index in [4.69, 9.17) is 11.6 Å². The van der Waals surface area contributed by atoms with Crippen molar-refractivity contribution >= 4 is 60.7 Å². The number of rotatable bonds is 4. The van der Waals surface area contributed by atoms with E-state index in [1.165, 1.54) is 15.9 Å². The minimum absolute atomic E-state index is 0.230. The smallest absolute Gasteiger partial charge is 0.324 e. The van der Waals surface area contributed by atoms with Gasteiger partial charge in [0.05, 0.1) is 11.2 Å². The molecule has 9 heteroatoms. The largest absolute Gasteiger partial charge is 0.336 e. The number of fused-ring (bicyclic) bond motifs is 1. The molecule has 0 aliphatic rings. The molecule has 0 radical (unpaired) electrons. The minimum Gasteiger partial charge on any atom is -0.324 e. The Kier molecular flexibility index (Phi) is 5.40. The molecule has 0 bridgehead atoms. The number of hydrogen-bond acceptors (Lipinski definition) is 4. The summed E-state index contributed by atoms with van der Waals surface area (Å²) in [5, 5.41) is 4.98. The summed E-state index contributed by atoms with van der Waals surface area (Å²) in [7, 11) is 0. The van der Waals surface area contributed by atoms with Gasteiger partial charge in [-0.2, -0.15) is 0 Å². The highest BCUT2D eigenvalue weighted by atomic mass is 79.9. The van der Waals surface area contributed by atoms with Gasteiger partial charge in [-0.1, -0.05) is 33.6 Å². The summed E-state index contributed by atoms with van der Waals surface area (Å²) in [6.45, 7) is -0.230. The highest BCUT2D eigenvalue weighted by Gasteiger charge is 2.17. The van der Waals surface area contributed by atoms with Gasteiger partial charge in [-0.25, -0.2) is 9.36 Å². The van der Waals surface area contributed by atoms with E-state index in [9.17, 15) is 14.4 Å². The first-order valence-corrected chi connectivity index (χ1v) is 10.5. The Bertz CT molecular complexity index is 1340. The fraction of sp³-hybridized carbons (Fsp3) is 0.0500. The lowest BCUT2D eigenvalue weighted by Crippen LogP contribution is -2.40. The zero-order chi connectivity index (χ0) is 20.5. The molecule has 29 heavy (non-hydrogen) atoms. The second kappa shape index (κ2) is 7.98. The normalized spacial score (nSPS) is 11.0. The maximum Gasteiger partial charge on any atom is 0.336 e. The predicted octanol–water partition coefficient (Wildman–Crippen LogP) is 4.27. The molecular formula is C20H13BrClN3O3S. The standard InChI is InChI=1S/C20H13BrClN3O3S/c21-12-2-1-3-14(10-12)23-17(26)11-24-16-8-9-29-18(16)19(27)25(20(24)28)15-6-4-13(22)5-7-15/h1-10H,11H2,(H,23,26). The second-order valence-electron chi connectivity index (χ2n) is 6.18. The summed E-state index contributed by atoms with van der Waals surface area (Å²) in [5.74, 6) is -0.376. The Balaban J connectivity index is 1.79. The molecule has 1 amide bonds. The number of nitrogens with one attached hydrogen (secondary N) is 1. The molecule has 0 unspecified atom stereocenters. The van der Waals surface area contributed by atoms with Crippen molar-refractivity contribution in [1.29, 1.82) is 0 Å². The Morgan fingerprint density at radius 2 is 1.86 bits per heavy atom. The van der Waals surface area contributed by atoms with Crippen molar-refractivity contribution in [2.45, 2.75) is 6.54 Å². The molecule has 0 saturated heterocycles. The van der Waals surface area contributed by atoms with Crippen LogP contribution in [0.4, 0.5) is 5.69 Å². The van der Waals surface area contributed by atoms with Gasteiger partial charge in [-0.15, -0.1) is 11.3 Å². The van der Waals surface area contributed by atoms with Gasteiger partial charge in [-0.3, -0.25) is 14.2 Å². The fourth-order valence-corrected chi connectivity index (χ4v) is 4.32. The van der Waals surface area contributed by atoms with Gasteiger partial charge in [0.1, 0.15) is 11.2 Å². The van der Waals surface area contributed by atoms with Crippen molar-refractivity contribution in [2.75, 3.05) is 5.32 Å². The van der Waals surface area contributed by atoms with Crippen LogP contribution in [0.2, 0.25) is 5.02 Å². The van der Waals surface area contributed by atoms with Gasteiger partial charge in [0, 0.05) is 15.2 Å². The maximum absolute atomic E-state index is 13.1. The highest BCUT2D eigenvalue weighted by Crippen LogP contribution is 2.18. The first kappa shape index (κ1) is 19.6. The van der Waals surface area contributed by atoms with Gasteiger partial charge in [0.25, 0.3) is 5.56 Å². The molecule has 4 rings (SSSR count). The molecule has 1 N–H and O–H groups in total. The third-order valence-electron chi connectivity index (χ3n) is 4.25. The molecule has 0 spiro atoms. The van der Waals surface area contributed by atoms with Crippen molar-refractivity contribution < 1.29 is 4.79 Å². The number of carbonyl (C=O) groups is 1. The van der Waals surface area contributed by atoms with Crippen molar-refractivity contribution in [3.63, 3.8) is 0 Å². The van der Waals surface area contributed by atoms with Crippen LogP contribution in [0.5, 0.6) is 0 Å². The first-order valence-electron chi connectivity index (χ1n) is 8.48. The summed E-state index contributed by atoms with van der Waals surface area (Å²) in [6, 6.07) is 15.2. The lowest BCUT2D eigenvalue weighted by Gasteiger charge is -2.12. The summed E-state index contributed by atoms with van der Waals surface area (Å²) >= 11 is 10.5. The summed E-state index contributed by atoms with van der Waals surface area (Å²) in [4.78, 5) is 38.6. The predicted molar refractivity (Wildman–Crippen MR) is 119 cm³/mol. The molecule has 0 atom stereocenters. The molecule has 2 heterocycles. The van der Waals surface area contributed by atoms with E-state index < -0.39 is 11.2 Å². The third kappa shape index (κ3) is 3.91. The first-order chi connectivity index (χ1) is 13.9. The topological polar surface area (TPSA) is 73.1 Å². The van der Waals surface area contributed by atoms with E-state index in [1.807, 2.05) is 6.07 Å². The van der Waals surface area contributed by atoms with Crippen LogP contribution < -0.4 is 16.6 Å². The number of carbonyl (C=O) groups excluding carboxylic acids is 1. The van der Waals surface area contributed by atoms with E-state index in [0.29, 0.717) is 26.6 Å².